The lowest BCUT2D eigenvalue weighted by atomic mass is 9.93. The van der Waals surface area contributed by atoms with Crippen molar-refractivity contribution in [2.45, 2.75) is 27.2 Å². The molecular weight excluding hydrogens is 132 g/mol. The molecule has 10 heavy (non-hydrogen) atoms. The van der Waals surface area contributed by atoms with E-state index in [-0.39, 0.29) is 5.41 Å². The molecule has 0 aliphatic heterocycles. The zero-order chi connectivity index (χ0) is 8.62. The van der Waals surface area contributed by atoms with Gasteiger partial charge in [0.15, 0.2) is 5.34 Å². The Bertz CT molecular complexity index is 121. The SMILES string of the molecule is CC(C)(C)CC#N.O=NO. The Morgan fingerprint density at radius 1 is 1.60 bits per heavy atom. The first-order chi connectivity index (χ1) is 4.47. The third-order valence-electron chi connectivity index (χ3n) is 0.609. The smallest absolute Gasteiger partial charge is 0.152 e. The van der Waals surface area contributed by atoms with Crippen molar-refractivity contribution in [3.05, 3.63) is 4.91 Å². The number of hydrogen-bond donors (Lipinski definition) is 1. The van der Waals surface area contributed by atoms with E-state index in [2.05, 4.69) is 26.8 Å². The van der Waals surface area contributed by atoms with E-state index < -0.39 is 0 Å². The van der Waals surface area contributed by atoms with E-state index in [1.54, 1.807) is 0 Å². The van der Waals surface area contributed by atoms with Crippen molar-refractivity contribution < 1.29 is 5.21 Å². The number of nitriles is 1. The van der Waals surface area contributed by atoms with Crippen molar-refractivity contribution in [2.24, 2.45) is 10.8 Å². The van der Waals surface area contributed by atoms with E-state index in [0.29, 0.717) is 6.42 Å². The predicted octanol–water partition coefficient (Wildman–Crippen LogP) is 2.09. The van der Waals surface area contributed by atoms with Crippen LogP contribution in [-0.2, 0) is 0 Å². The van der Waals surface area contributed by atoms with E-state index in [4.69, 9.17) is 15.4 Å². The summed E-state index contributed by atoms with van der Waals surface area (Å²) in [7, 11) is 0. The molecule has 0 saturated carbocycles. The molecule has 4 nitrogen and oxygen atoms in total. The van der Waals surface area contributed by atoms with Gasteiger partial charge in [0, 0.05) is 6.42 Å². The van der Waals surface area contributed by atoms with Gasteiger partial charge in [-0.05, 0) is 5.41 Å². The second-order valence-electron chi connectivity index (χ2n) is 2.98. The van der Waals surface area contributed by atoms with E-state index in [1.165, 1.54) is 5.34 Å². The van der Waals surface area contributed by atoms with Gasteiger partial charge < -0.3 is 5.21 Å². The third-order valence-corrected chi connectivity index (χ3v) is 0.609. The van der Waals surface area contributed by atoms with E-state index >= 15 is 0 Å². The number of hydrogen-bond acceptors (Lipinski definition) is 3. The van der Waals surface area contributed by atoms with Gasteiger partial charge >= 0.3 is 0 Å². The average molecular weight is 144 g/mol. The van der Waals surface area contributed by atoms with Crippen molar-refractivity contribution in [1.29, 1.82) is 5.26 Å². The highest BCUT2D eigenvalue weighted by atomic mass is 16.6. The van der Waals surface area contributed by atoms with Gasteiger partial charge in [-0.3, -0.25) is 0 Å². The normalized spacial score (nSPS) is 8.60. The van der Waals surface area contributed by atoms with Crippen LogP contribution in [0.3, 0.4) is 0 Å². The van der Waals surface area contributed by atoms with Crippen LogP contribution in [0.5, 0.6) is 0 Å². The molecule has 0 radical (unpaired) electrons. The highest BCUT2D eigenvalue weighted by molar-refractivity contribution is 4.78. The lowest BCUT2D eigenvalue weighted by molar-refractivity contribution is 0.312. The van der Waals surface area contributed by atoms with Gasteiger partial charge in [-0.25, -0.2) is 0 Å². The molecule has 0 heterocycles. The predicted molar refractivity (Wildman–Crippen MR) is 37.3 cm³/mol. The minimum atomic E-state index is 0.189. The van der Waals surface area contributed by atoms with Gasteiger partial charge in [0.25, 0.3) is 0 Å². The molecule has 0 bridgehead atoms. The molecule has 0 atom stereocenters. The van der Waals surface area contributed by atoms with E-state index in [1.807, 2.05) is 0 Å². The molecule has 0 spiro atoms. The van der Waals surface area contributed by atoms with E-state index in [0.717, 1.165) is 0 Å². The van der Waals surface area contributed by atoms with Crippen LogP contribution in [0.1, 0.15) is 27.2 Å². The zero-order valence-corrected chi connectivity index (χ0v) is 6.46. The zero-order valence-electron chi connectivity index (χ0n) is 6.46. The lowest BCUT2D eigenvalue weighted by Crippen LogP contribution is -2.01. The second kappa shape index (κ2) is 6.02. The van der Waals surface area contributed by atoms with Gasteiger partial charge in [0.1, 0.15) is 0 Å². The molecule has 58 valence electrons. The summed E-state index contributed by atoms with van der Waals surface area (Å²) in [4.78, 5) is 8.11. The van der Waals surface area contributed by atoms with Crippen molar-refractivity contribution in [3.63, 3.8) is 0 Å². The fourth-order valence-corrected chi connectivity index (χ4v) is 0.237. The Morgan fingerprint density at radius 2 is 1.90 bits per heavy atom. The summed E-state index contributed by atoms with van der Waals surface area (Å²) in [6, 6.07) is 2.11. The standard InChI is InChI=1S/C6H11N.HNO2/c1-6(2,3)4-5-7;2-1-3/h4H2,1-3H3;(H,2,3). The summed E-state index contributed by atoms with van der Waals surface area (Å²) < 4.78 is 0. The minimum Gasteiger partial charge on any atom is -0.379 e. The van der Waals surface area contributed by atoms with Crippen LogP contribution < -0.4 is 0 Å². The summed E-state index contributed by atoms with van der Waals surface area (Å²) in [5, 5.41) is 16.0. The highest BCUT2D eigenvalue weighted by Gasteiger charge is 2.07. The molecule has 0 aromatic heterocycles. The largest absolute Gasteiger partial charge is 0.379 e. The quantitative estimate of drug-likeness (QED) is 0.418. The van der Waals surface area contributed by atoms with Gasteiger partial charge in [-0.15, -0.1) is 4.91 Å². The molecular formula is C6H12N2O2. The summed E-state index contributed by atoms with van der Waals surface area (Å²) >= 11 is 0. The Balaban J connectivity index is 0. The van der Waals surface area contributed by atoms with Gasteiger partial charge in [0.2, 0.25) is 0 Å². The lowest BCUT2D eigenvalue weighted by Gasteiger charge is -2.10. The Labute approximate surface area is 60.4 Å². The van der Waals surface area contributed by atoms with Crippen molar-refractivity contribution >= 4 is 0 Å². The maximum atomic E-state index is 8.15. The first kappa shape index (κ1) is 11.7. The maximum absolute atomic E-state index is 8.15. The Hall–Kier alpha value is -1.11. The molecule has 0 rings (SSSR count). The van der Waals surface area contributed by atoms with Crippen LogP contribution in [0.2, 0.25) is 0 Å². The van der Waals surface area contributed by atoms with Crippen LogP contribution >= 0.6 is 0 Å². The van der Waals surface area contributed by atoms with Crippen LogP contribution in [0.4, 0.5) is 0 Å². The Morgan fingerprint density at radius 3 is 1.90 bits per heavy atom. The maximum Gasteiger partial charge on any atom is 0.152 e. The number of nitrogens with zero attached hydrogens (tertiary/aromatic N) is 2. The molecule has 1 N–H and O–H groups in total. The molecule has 0 amide bonds. The van der Waals surface area contributed by atoms with Crippen molar-refractivity contribution in [3.8, 4) is 6.07 Å². The first-order valence-electron chi connectivity index (χ1n) is 2.81. The molecule has 0 aliphatic rings. The topological polar surface area (TPSA) is 73.5 Å². The molecule has 0 unspecified atom stereocenters. The molecule has 0 saturated heterocycles. The van der Waals surface area contributed by atoms with Crippen LogP contribution in [0.25, 0.3) is 0 Å². The van der Waals surface area contributed by atoms with E-state index in [9.17, 15) is 0 Å². The summed E-state index contributed by atoms with van der Waals surface area (Å²) in [5.41, 5.74) is 0.189. The van der Waals surface area contributed by atoms with Crippen LogP contribution in [0.15, 0.2) is 5.34 Å². The van der Waals surface area contributed by atoms with Crippen molar-refractivity contribution in [2.75, 3.05) is 0 Å². The van der Waals surface area contributed by atoms with Crippen molar-refractivity contribution in [1.82, 2.24) is 0 Å². The minimum absolute atomic E-state index is 0.189. The summed E-state index contributed by atoms with van der Waals surface area (Å²) in [6.07, 6.45) is 0.646. The summed E-state index contributed by atoms with van der Waals surface area (Å²) in [6.45, 7) is 6.16. The van der Waals surface area contributed by atoms with Crippen LogP contribution in [0, 0.1) is 21.7 Å². The summed E-state index contributed by atoms with van der Waals surface area (Å²) in [5.74, 6) is 0. The molecule has 0 aromatic carbocycles. The second-order valence-corrected chi connectivity index (χ2v) is 2.98. The van der Waals surface area contributed by atoms with Gasteiger partial charge in [-0.1, -0.05) is 20.8 Å². The van der Waals surface area contributed by atoms with Gasteiger partial charge in [-0.2, -0.15) is 5.26 Å². The molecule has 0 fully saturated rings. The first-order valence-corrected chi connectivity index (χ1v) is 2.81. The molecule has 0 aromatic rings. The fourth-order valence-electron chi connectivity index (χ4n) is 0.237. The fraction of sp³-hybridized carbons (Fsp3) is 0.833. The highest BCUT2D eigenvalue weighted by Crippen LogP contribution is 2.16. The molecule has 4 heteroatoms. The molecule has 0 aliphatic carbocycles. The monoisotopic (exact) mass is 144 g/mol. The van der Waals surface area contributed by atoms with Crippen LogP contribution in [-0.4, -0.2) is 5.21 Å². The average Bonchev–Trinajstić information content (AvgIpc) is 1.63. The van der Waals surface area contributed by atoms with Gasteiger partial charge in [0.05, 0.1) is 6.07 Å². The number of rotatable bonds is 0. The third kappa shape index (κ3) is 28.6. The Kier molecular flexibility index (Phi) is 7.01.